The van der Waals surface area contributed by atoms with E-state index in [2.05, 4.69) is 12.2 Å². The van der Waals surface area contributed by atoms with Gasteiger partial charge in [-0.25, -0.2) is 0 Å². The van der Waals surface area contributed by atoms with Crippen molar-refractivity contribution in [1.29, 1.82) is 0 Å². The molecule has 0 heterocycles. The van der Waals surface area contributed by atoms with Gasteiger partial charge in [-0.1, -0.05) is 32.6 Å². The average molecular weight is 259 g/mol. The molecular formula is C14H29NO3. The van der Waals surface area contributed by atoms with Crippen LogP contribution >= 0.6 is 0 Å². The summed E-state index contributed by atoms with van der Waals surface area (Å²) in [6, 6.07) is 0. The van der Waals surface area contributed by atoms with Crippen molar-refractivity contribution in [3.8, 4) is 0 Å². The molecule has 1 unspecified atom stereocenters. The number of hydrogen-bond acceptors (Lipinski definition) is 3. The molecule has 0 saturated heterocycles. The Labute approximate surface area is 111 Å². The van der Waals surface area contributed by atoms with Crippen molar-refractivity contribution < 1.29 is 14.6 Å². The van der Waals surface area contributed by atoms with E-state index < -0.39 is 11.5 Å². The van der Waals surface area contributed by atoms with Crippen molar-refractivity contribution in [2.24, 2.45) is 0 Å². The van der Waals surface area contributed by atoms with E-state index in [1.54, 1.807) is 14.0 Å². The molecule has 0 aliphatic carbocycles. The molecule has 0 aromatic carbocycles. The third kappa shape index (κ3) is 7.67. The Balaban J connectivity index is 3.42. The highest BCUT2D eigenvalue weighted by Crippen LogP contribution is 2.12. The average Bonchev–Trinajstić information content (AvgIpc) is 2.36. The van der Waals surface area contributed by atoms with Crippen LogP contribution in [0.2, 0.25) is 0 Å². The molecule has 0 bridgehead atoms. The predicted molar refractivity (Wildman–Crippen MR) is 73.9 cm³/mol. The summed E-state index contributed by atoms with van der Waals surface area (Å²) < 4.78 is 5.51. The first-order valence-corrected chi connectivity index (χ1v) is 7.07. The van der Waals surface area contributed by atoms with Gasteiger partial charge in [0, 0.05) is 13.2 Å². The number of hydrogen-bond donors (Lipinski definition) is 2. The minimum Gasteiger partial charge on any atom is -0.480 e. The molecule has 2 N–H and O–H groups in total. The number of carboxylic acids is 1. The molecule has 108 valence electrons. The summed E-state index contributed by atoms with van der Waals surface area (Å²) in [4.78, 5) is 11.0. The zero-order chi connectivity index (χ0) is 13.9. The maximum atomic E-state index is 11.0. The molecular weight excluding hydrogens is 230 g/mol. The lowest BCUT2D eigenvalue weighted by atomic mass is 9.96. The van der Waals surface area contributed by atoms with Crippen LogP contribution in [-0.2, 0) is 9.53 Å². The van der Waals surface area contributed by atoms with Crippen LogP contribution in [-0.4, -0.2) is 36.9 Å². The zero-order valence-electron chi connectivity index (χ0n) is 12.1. The summed E-state index contributed by atoms with van der Waals surface area (Å²) in [6.45, 7) is 5.36. The van der Waals surface area contributed by atoms with Gasteiger partial charge < -0.3 is 15.2 Å². The first-order chi connectivity index (χ1) is 8.56. The van der Waals surface area contributed by atoms with Gasteiger partial charge in [0.1, 0.15) is 5.54 Å². The molecule has 0 aliphatic rings. The van der Waals surface area contributed by atoms with Crippen LogP contribution in [0.1, 0.15) is 58.8 Å². The summed E-state index contributed by atoms with van der Waals surface area (Å²) in [5, 5.41) is 11.9. The molecule has 0 rings (SSSR count). The fourth-order valence-electron chi connectivity index (χ4n) is 1.78. The maximum absolute atomic E-state index is 11.0. The highest BCUT2D eigenvalue weighted by Gasteiger charge is 2.30. The van der Waals surface area contributed by atoms with Crippen molar-refractivity contribution in [1.82, 2.24) is 5.32 Å². The normalized spacial score (nSPS) is 14.4. The van der Waals surface area contributed by atoms with E-state index in [1.165, 1.54) is 25.7 Å². The van der Waals surface area contributed by atoms with Gasteiger partial charge in [0.05, 0.1) is 0 Å². The first-order valence-electron chi connectivity index (χ1n) is 7.07. The number of ether oxygens (including phenoxy) is 1. The van der Waals surface area contributed by atoms with E-state index in [0.29, 0.717) is 13.0 Å². The van der Waals surface area contributed by atoms with E-state index in [-0.39, 0.29) is 0 Å². The van der Waals surface area contributed by atoms with Gasteiger partial charge in [0.25, 0.3) is 0 Å². The molecule has 0 aromatic heterocycles. The second-order valence-corrected chi connectivity index (χ2v) is 5.02. The third-order valence-electron chi connectivity index (χ3n) is 3.38. The van der Waals surface area contributed by atoms with E-state index in [0.717, 1.165) is 19.4 Å². The molecule has 0 aromatic rings. The molecule has 0 radical (unpaired) electrons. The summed E-state index contributed by atoms with van der Waals surface area (Å²) in [5.41, 5.74) is -0.829. The zero-order valence-corrected chi connectivity index (χ0v) is 12.1. The first kappa shape index (κ1) is 17.4. The van der Waals surface area contributed by atoms with E-state index in [9.17, 15) is 4.79 Å². The second-order valence-electron chi connectivity index (χ2n) is 5.02. The molecule has 1 atom stereocenters. The van der Waals surface area contributed by atoms with E-state index in [4.69, 9.17) is 9.84 Å². The van der Waals surface area contributed by atoms with Crippen LogP contribution < -0.4 is 5.32 Å². The van der Waals surface area contributed by atoms with Crippen LogP contribution in [0.4, 0.5) is 0 Å². The van der Waals surface area contributed by atoms with Gasteiger partial charge in [-0.15, -0.1) is 0 Å². The van der Waals surface area contributed by atoms with Gasteiger partial charge in [0.15, 0.2) is 0 Å². The van der Waals surface area contributed by atoms with E-state index in [1.807, 2.05) is 0 Å². The van der Waals surface area contributed by atoms with Crippen LogP contribution in [0.15, 0.2) is 0 Å². The standard InChI is InChI=1S/C14H29NO3/c1-4-5-6-7-8-11-18-12-9-10-14(2,15-3)13(16)17/h15H,4-12H2,1-3H3,(H,16,17). The highest BCUT2D eigenvalue weighted by atomic mass is 16.5. The number of carboxylic acid groups (broad SMARTS) is 1. The minimum atomic E-state index is -0.829. The van der Waals surface area contributed by atoms with Crippen LogP contribution in [0.5, 0.6) is 0 Å². The van der Waals surface area contributed by atoms with Crippen LogP contribution in [0.25, 0.3) is 0 Å². The quantitative estimate of drug-likeness (QED) is 0.529. The lowest BCUT2D eigenvalue weighted by molar-refractivity contribution is -0.144. The Bertz CT molecular complexity index is 221. The topological polar surface area (TPSA) is 58.6 Å². The van der Waals surface area contributed by atoms with Crippen molar-refractivity contribution in [2.75, 3.05) is 20.3 Å². The largest absolute Gasteiger partial charge is 0.480 e. The third-order valence-corrected chi connectivity index (χ3v) is 3.38. The number of nitrogens with one attached hydrogen (secondary N) is 1. The Morgan fingerprint density at radius 3 is 2.33 bits per heavy atom. The summed E-state index contributed by atoms with van der Waals surface area (Å²) in [6.07, 6.45) is 7.57. The number of unbranched alkanes of at least 4 members (excludes halogenated alkanes) is 4. The lowest BCUT2D eigenvalue weighted by Gasteiger charge is -2.23. The monoisotopic (exact) mass is 259 g/mol. The number of likely N-dealkylation sites (N-methyl/N-ethyl adjacent to an activating group) is 1. The smallest absolute Gasteiger partial charge is 0.323 e. The van der Waals surface area contributed by atoms with Gasteiger partial charge in [0.2, 0.25) is 0 Å². The summed E-state index contributed by atoms with van der Waals surface area (Å²) >= 11 is 0. The molecule has 0 amide bonds. The summed E-state index contributed by atoms with van der Waals surface area (Å²) in [5.74, 6) is -0.801. The Kier molecular flexibility index (Phi) is 9.98. The lowest BCUT2D eigenvalue weighted by Crippen LogP contribution is -2.47. The van der Waals surface area contributed by atoms with Gasteiger partial charge in [-0.3, -0.25) is 4.79 Å². The van der Waals surface area contributed by atoms with Crippen LogP contribution in [0, 0.1) is 0 Å². The maximum Gasteiger partial charge on any atom is 0.323 e. The Hall–Kier alpha value is -0.610. The Morgan fingerprint density at radius 2 is 1.78 bits per heavy atom. The molecule has 4 nitrogen and oxygen atoms in total. The van der Waals surface area contributed by atoms with Crippen molar-refractivity contribution in [2.45, 2.75) is 64.3 Å². The van der Waals surface area contributed by atoms with Crippen molar-refractivity contribution in [3.63, 3.8) is 0 Å². The highest BCUT2D eigenvalue weighted by molar-refractivity contribution is 5.78. The van der Waals surface area contributed by atoms with Gasteiger partial charge in [-0.05, 0) is 33.2 Å². The number of rotatable bonds is 12. The molecule has 4 heteroatoms. The fourth-order valence-corrected chi connectivity index (χ4v) is 1.78. The second kappa shape index (κ2) is 10.3. The predicted octanol–water partition coefficient (Wildman–Crippen LogP) is 2.82. The van der Waals surface area contributed by atoms with Gasteiger partial charge in [-0.2, -0.15) is 0 Å². The number of carbonyl (C=O) groups is 1. The molecule has 18 heavy (non-hydrogen) atoms. The minimum absolute atomic E-state index is 0.592. The van der Waals surface area contributed by atoms with Crippen LogP contribution in [0.3, 0.4) is 0 Å². The molecule has 0 saturated carbocycles. The Morgan fingerprint density at radius 1 is 1.17 bits per heavy atom. The van der Waals surface area contributed by atoms with E-state index >= 15 is 0 Å². The number of aliphatic carboxylic acids is 1. The molecule has 0 spiro atoms. The van der Waals surface area contributed by atoms with Crippen molar-refractivity contribution >= 4 is 5.97 Å². The van der Waals surface area contributed by atoms with Crippen molar-refractivity contribution in [3.05, 3.63) is 0 Å². The molecule has 0 fully saturated rings. The van der Waals surface area contributed by atoms with Gasteiger partial charge >= 0.3 is 5.97 Å². The SMILES string of the molecule is CCCCCCCOCCCC(C)(NC)C(=O)O. The fraction of sp³-hybridized carbons (Fsp3) is 0.929. The summed E-state index contributed by atoms with van der Waals surface area (Å²) in [7, 11) is 1.68. The molecule has 0 aliphatic heterocycles.